The third-order valence-corrected chi connectivity index (χ3v) is 5.38. The topological polar surface area (TPSA) is 91.9 Å². The highest BCUT2D eigenvalue weighted by Crippen LogP contribution is 2.29. The van der Waals surface area contributed by atoms with E-state index >= 15 is 0 Å². The van der Waals surface area contributed by atoms with Gasteiger partial charge in [-0.2, -0.15) is 8.78 Å². The van der Waals surface area contributed by atoms with Crippen LogP contribution in [-0.2, 0) is 0 Å². The highest BCUT2D eigenvalue weighted by molar-refractivity contribution is 9.10. The number of ether oxygens (including phenoxy) is 2. The fourth-order valence-electron chi connectivity index (χ4n) is 2.98. The van der Waals surface area contributed by atoms with Crippen LogP contribution < -0.4 is 25.4 Å². The van der Waals surface area contributed by atoms with Gasteiger partial charge in [-0.3, -0.25) is 4.79 Å². The molecule has 0 atom stereocenters. The lowest BCUT2D eigenvalue weighted by molar-refractivity contribution is -0.0498. The quantitative estimate of drug-likeness (QED) is 0.390. The summed E-state index contributed by atoms with van der Waals surface area (Å²) in [4.78, 5) is 27.1. The molecule has 3 N–H and O–H groups in total. The van der Waals surface area contributed by atoms with Crippen LogP contribution in [0.4, 0.5) is 25.0 Å². The molecule has 0 spiro atoms. The van der Waals surface area contributed by atoms with Crippen molar-refractivity contribution in [2.45, 2.75) is 20.5 Å². The summed E-state index contributed by atoms with van der Waals surface area (Å²) >= 11 is 3.20. The number of carbonyl (C=O) groups is 2. The van der Waals surface area contributed by atoms with Gasteiger partial charge in [-0.1, -0.05) is 13.8 Å². The lowest BCUT2D eigenvalue weighted by Gasteiger charge is -2.18. The van der Waals surface area contributed by atoms with Crippen molar-refractivity contribution in [1.82, 2.24) is 10.2 Å². The molecule has 0 unspecified atom stereocenters. The molecule has 0 saturated heterocycles. The second-order valence-corrected chi connectivity index (χ2v) is 7.65. The summed E-state index contributed by atoms with van der Waals surface area (Å²) in [7, 11) is 1.44. The number of halogens is 3. The summed E-state index contributed by atoms with van der Waals surface area (Å²) in [5.74, 6) is -0.00797. The summed E-state index contributed by atoms with van der Waals surface area (Å²) in [5.41, 5.74) is 1.10. The molecule has 0 aliphatic rings. The van der Waals surface area contributed by atoms with E-state index in [0.29, 0.717) is 33.7 Å². The van der Waals surface area contributed by atoms with Crippen molar-refractivity contribution in [3.63, 3.8) is 0 Å². The van der Waals surface area contributed by atoms with E-state index in [4.69, 9.17) is 4.74 Å². The van der Waals surface area contributed by atoms with Crippen LogP contribution in [0.3, 0.4) is 0 Å². The monoisotopic (exact) mass is 528 g/mol. The Morgan fingerprint density at radius 2 is 1.82 bits per heavy atom. The molecule has 0 bridgehead atoms. The van der Waals surface area contributed by atoms with Crippen LogP contribution in [-0.4, -0.2) is 56.7 Å². The molecule has 2 rings (SSSR count). The molecule has 0 aliphatic heterocycles. The van der Waals surface area contributed by atoms with Crippen LogP contribution >= 0.6 is 15.9 Å². The molecular weight excluding hydrogens is 502 g/mol. The molecule has 2 aromatic rings. The Hall–Kier alpha value is -2.92. The van der Waals surface area contributed by atoms with Crippen LogP contribution in [0.15, 0.2) is 40.9 Å². The number of urea groups is 1. The number of carbonyl (C=O) groups excluding carboxylic acids is 2. The van der Waals surface area contributed by atoms with Crippen molar-refractivity contribution >= 4 is 39.2 Å². The molecular formula is C22H27BrF2N4O4. The predicted molar refractivity (Wildman–Crippen MR) is 127 cm³/mol. The Kier molecular flexibility index (Phi) is 10.3. The average Bonchev–Trinajstić information content (AvgIpc) is 2.78. The summed E-state index contributed by atoms with van der Waals surface area (Å²) in [6.45, 7) is 4.23. The molecule has 0 saturated carbocycles. The summed E-state index contributed by atoms with van der Waals surface area (Å²) in [6, 6.07) is 8.16. The van der Waals surface area contributed by atoms with E-state index in [1.807, 2.05) is 0 Å². The van der Waals surface area contributed by atoms with Gasteiger partial charge in [0.05, 0.1) is 18.4 Å². The predicted octanol–water partition coefficient (Wildman–Crippen LogP) is 4.77. The zero-order chi connectivity index (χ0) is 24.4. The number of rotatable bonds is 11. The highest BCUT2D eigenvalue weighted by atomic mass is 79.9. The van der Waals surface area contributed by atoms with Crippen molar-refractivity contribution in [3.8, 4) is 11.5 Å². The van der Waals surface area contributed by atoms with Crippen molar-refractivity contribution in [2.24, 2.45) is 0 Å². The molecule has 33 heavy (non-hydrogen) atoms. The zero-order valence-electron chi connectivity index (χ0n) is 18.6. The minimum Gasteiger partial charge on any atom is -0.496 e. The van der Waals surface area contributed by atoms with E-state index in [0.717, 1.165) is 19.6 Å². The molecule has 0 fully saturated rings. The zero-order valence-corrected chi connectivity index (χ0v) is 20.2. The molecule has 0 heterocycles. The lowest BCUT2D eigenvalue weighted by Crippen LogP contribution is -2.34. The molecule has 11 heteroatoms. The largest absolute Gasteiger partial charge is 0.496 e. The Balaban J connectivity index is 1.99. The first-order chi connectivity index (χ1) is 15.8. The minimum absolute atomic E-state index is 0.0430. The fraction of sp³-hybridized carbons (Fsp3) is 0.364. The van der Waals surface area contributed by atoms with Gasteiger partial charge in [-0.05, 0) is 59.4 Å². The average molecular weight is 529 g/mol. The molecule has 8 nitrogen and oxygen atoms in total. The van der Waals surface area contributed by atoms with Gasteiger partial charge < -0.3 is 30.3 Å². The number of methoxy groups -OCH3 is 1. The van der Waals surface area contributed by atoms with E-state index in [1.165, 1.54) is 31.4 Å². The first kappa shape index (κ1) is 26.3. The molecule has 3 amide bonds. The van der Waals surface area contributed by atoms with Crippen LogP contribution in [0.1, 0.15) is 24.2 Å². The Morgan fingerprint density at radius 3 is 2.42 bits per heavy atom. The number of hydrogen-bond donors (Lipinski definition) is 3. The van der Waals surface area contributed by atoms with Crippen molar-refractivity contribution in [2.75, 3.05) is 43.9 Å². The molecule has 0 aliphatic carbocycles. The maximum absolute atomic E-state index is 12.5. The second kappa shape index (κ2) is 12.9. The number of likely N-dealkylation sites (N-methyl/N-ethyl adjacent to an activating group) is 1. The van der Waals surface area contributed by atoms with Crippen molar-refractivity contribution in [3.05, 3.63) is 46.4 Å². The number of nitrogens with zero attached hydrogens (tertiary/aromatic N) is 1. The van der Waals surface area contributed by atoms with Crippen LogP contribution in [0.5, 0.6) is 11.5 Å². The van der Waals surface area contributed by atoms with Gasteiger partial charge in [0.2, 0.25) is 0 Å². The Labute approximate surface area is 199 Å². The van der Waals surface area contributed by atoms with Gasteiger partial charge >= 0.3 is 12.6 Å². The van der Waals surface area contributed by atoms with Gasteiger partial charge in [0.1, 0.15) is 11.5 Å². The van der Waals surface area contributed by atoms with E-state index in [1.54, 1.807) is 12.1 Å². The third kappa shape index (κ3) is 8.17. The van der Waals surface area contributed by atoms with Gasteiger partial charge in [-0.15, -0.1) is 0 Å². The number of alkyl halides is 2. The highest BCUT2D eigenvalue weighted by Gasteiger charge is 2.15. The number of benzene rings is 2. The van der Waals surface area contributed by atoms with E-state index in [9.17, 15) is 18.4 Å². The smallest absolute Gasteiger partial charge is 0.387 e. The SMILES string of the molecule is CCN(CC)CCNC(=O)c1ccc(NC(=O)Nc2ccc(OC(F)F)cc2Br)cc1OC. The van der Waals surface area contributed by atoms with Crippen molar-refractivity contribution in [1.29, 1.82) is 0 Å². The summed E-state index contributed by atoms with van der Waals surface area (Å²) in [5, 5.41) is 8.10. The van der Waals surface area contributed by atoms with Gasteiger partial charge in [0.15, 0.2) is 0 Å². The normalized spacial score (nSPS) is 10.8. The number of amides is 3. The molecule has 0 radical (unpaired) electrons. The minimum atomic E-state index is -2.94. The number of nitrogens with one attached hydrogen (secondary N) is 3. The standard InChI is InChI=1S/C22H27BrF2N4O4/c1-4-29(5-2)11-10-26-20(30)16-8-6-14(12-19(16)32-3)27-22(31)28-18-9-7-15(13-17(18)23)33-21(24)25/h6-9,12-13,21H,4-5,10-11H2,1-3H3,(H,26,30)(H2,27,28,31). The number of anilines is 2. The molecule has 0 aromatic heterocycles. The van der Waals surface area contributed by atoms with Gasteiger partial charge in [0, 0.05) is 29.3 Å². The van der Waals surface area contributed by atoms with Crippen molar-refractivity contribution < 1.29 is 27.8 Å². The van der Waals surface area contributed by atoms with Gasteiger partial charge in [-0.25, -0.2) is 4.79 Å². The van der Waals surface area contributed by atoms with Crippen LogP contribution in [0, 0.1) is 0 Å². The maximum Gasteiger partial charge on any atom is 0.387 e. The second-order valence-electron chi connectivity index (χ2n) is 6.80. The fourth-order valence-corrected chi connectivity index (χ4v) is 3.43. The summed E-state index contributed by atoms with van der Waals surface area (Å²) in [6.07, 6.45) is 0. The van der Waals surface area contributed by atoms with Crippen LogP contribution in [0.25, 0.3) is 0 Å². The van der Waals surface area contributed by atoms with Crippen LogP contribution in [0.2, 0.25) is 0 Å². The maximum atomic E-state index is 12.5. The van der Waals surface area contributed by atoms with E-state index < -0.39 is 12.6 Å². The lowest BCUT2D eigenvalue weighted by atomic mass is 10.1. The molecule has 2 aromatic carbocycles. The molecule has 180 valence electrons. The van der Waals surface area contributed by atoms with Gasteiger partial charge in [0.25, 0.3) is 5.91 Å². The van der Waals surface area contributed by atoms with E-state index in [-0.39, 0.29) is 11.7 Å². The van der Waals surface area contributed by atoms with E-state index in [2.05, 4.69) is 55.4 Å². The third-order valence-electron chi connectivity index (χ3n) is 4.73. The first-order valence-electron chi connectivity index (χ1n) is 10.3. The first-order valence-corrected chi connectivity index (χ1v) is 11.1. The number of hydrogen-bond acceptors (Lipinski definition) is 5. The Bertz CT molecular complexity index is 958. The Morgan fingerprint density at radius 1 is 1.09 bits per heavy atom. The summed E-state index contributed by atoms with van der Waals surface area (Å²) < 4.78 is 34.6.